The highest BCUT2D eigenvalue weighted by molar-refractivity contribution is 5.85. The van der Waals surface area contributed by atoms with E-state index in [-0.39, 0.29) is 5.69 Å². The summed E-state index contributed by atoms with van der Waals surface area (Å²) in [6, 6.07) is 2.06. The second-order valence-electron chi connectivity index (χ2n) is 2.12. The van der Waals surface area contributed by atoms with E-state index in [0.29, 0.717) is 5.69 Å². The van der Waals surface area contributed by atoms with Crippen LogP contribution in [-0.2, 0) is 0 Å². The summed E-state index contributed by atoms with van der Waals surface area (Å²) in [5.74, 6) is -1.79. The van der Waals surface area contributed by atoms with E-state index < -0.39 is 11.8 Å². The molecule has 0 radical (unpaired) electrons. The quantitative estimate of drug-likeness (QED) is 0.663. The molecule has 0 fully saturated rings. The molecule has 0 aliphatic carbocycles. The van der Waals surface area contributed by atoms with Crippen LogP contribution >= 0.6 is 0 Å². The second-order valence-corrected chi connectivity index (χ2v) is 2.12. The van der Waals surface area contributed by atoms with E-state index in [4.69, 9.17) is 5.11 Å². The summed E-state index contributed by atoms with van der Waals surface area (Å²) in [5.41, 5.74) is 0.102. The molecule has 0 unspecified atom stereocenters. The Labute approximate surface area is 62.5 Å². The van der Waals surface area contributed by atoms with Crippen molar-refractivity contribution in [1.29, 1.82) is 0 Å². The molecule has 1 rings (SSSR count). The maximum atomic E-state index is 12.5. The van der Waals surface area contributed by atoms with E-state index >= 15 is 0 Å². The molecule has 0 aliphatic heterocycles. The summed E-state index contributed by atoms with van der Waals surface area (Å²) < 4.78 is 12.5. The molecule has 3 nitrogen and oxygen atoms in total. The van der Waals surface area contributed by atoms with Gasteiger partial charge in [0, 0.05) is 11.8 Å². The van der Waals surface area contributed by atoms with Crippen LogP contribution < -0.4 is 0 Å². The first-order valence-corrected chi connectivity index (χ1v) is 2.97. The van der Waals surface area contributed by atoms with Gasteiger partial charge >= 0.3 is 5.97 Å². The molecule has 1 heterocycles. The lowest BCUT2D eigenvalue weighted by Gasteiger charge is -1.95. The highest BCUT2D eigenvalue weighted by Crippen LogP contribution is 2.02. The molecule has 0 atom stereocenters. The minimum Gasteiger partial charge on any atom is -0.477 e. The fourth-order valence-corrected chi connectivity index (χ4v) is 0.736. The first-order valence-electron chi connectivity index (χ1n) is 2.97. The topological polar surface area (TPSA) is 50.2 Å². The van der Waals surface area contributed by atoms with Crippen LogP contribution in [0, 0.1) is 12.7 Å². The SMILES string of the molecule is Cc1cc(F)cc(C(=O)O)n1. The van der Waals surface area contributed by atoms with Crippen molar-refractivity contribution in [3.63, 3.8) is 0 Å². The van der Waals surface area contributed by atoms with Gasteiger partial charge in [-0.1, -0.05) is 0 Å². The molecule has 0 saturated carbocycles. The molecule has 0 aromatic carbocycles. The van der Waals surface area contributed by atoms with Gasteiger partial charge in [-0.05, 0) is 13.0 Å². The number of pyridine rings is 1. The fraction of sp³-hybridized carbons (Fsp3) is 0.143. The van der Waals surface area contributed by atoms with Crippen LogP contribution in [0.5, 0.6) is 0 Å². The highest BCUT2D eigenvalue weighted by Gasteiger charge is 2.05. The molecule has 0 bridgehead atoms. The number of rotatable bonds is 1. The van der Waals surface area contributed by atoms with Crippen molar-refractivity contribution in [3.8, 4) is 0 Å². The molecular weight excluding hydrogens is 149 g/mol. The van der Waals surface area contributed by atoms with Crippen molar-refractivity contribution in [2.75, 3.05) is 0 Å². The number of carbonyl (C=O) groups is 1. The van der Waals surface area contributed by atoms with Crippen molar-refractivity contribution in [2.24, 2.45) is 0 Å². The number of aromatic carboxylic acids is 1. The van der Waals surface area contributed by atoms with E-state index in [1.165, 1.54) is 13.0 Å². The number of carboxylic acid groups (broad SMARTS) is 1. The molecule has 4 heteroatoms. The second kappa shape index (κ2) is 2.65. The molecule has 0 aliphatic rings. The Balaban J connectivity index is 3.19. The molecule has 0 amide bonds. The third kappa shape index (κ3) is 1.73. The lowest BCUT2D eigenvalue weighted by atomic mass is 10.3. The van der Waals surface area contributed by atoms with Gasteiger partial charge in [-0.3, -0.25) is 0 Å². The number of aryl methyl sites for hydroxylation is 1. The van der Waals surface area contributed by atoms with Gasteiger partial charge in [-0.15, -0.1) is 0 Å². The molecule has 1 aromatic heterocycles. The van der Waals surface area contributed by atoms with Gasteiger partial charge in [0.1, 0.15) is 5.82 Å². The maximum absolute atomic E-state index is 12.5. The average Bonchev–Trinajstić information content (AvgIpc) is 1.85. The summed E-state index contributed by atoms with van der Waals surface area (Å²) >= 11 is 0. The van der Waals surface area contributed by atoms with Crippen LogP contribution in [0.4, 0.5) is 4.39 Å². The molecule has 58 valence electrons. The van der Waals surface area contributed by atoms with Crippen LogP contribution in [0.25, 0.3) is 0 Å². The Morgan fingerprint density at radius 2 is 2.27 bits per heavy atom. The zero-order chi connectivity index (χ0) is 8.43. The average molecular weight is 155 g/mol. The molecule has 0 spiro atoms. The molecule has 11 heavy (non-hydrogen) atoms. The van der Waals surface area contributed by atoms with Crippen molar-refractivity contribution < 1.29 is 14.3 Å². The largest absolute Gasteiger partial charge is 0.477 e. The number of hydrogen-bond donors (Lipinski definition) is 1. The van der Waals surface area contributed by atoms with Gasteiger partial charge in [-0.25, -0.2) is 14.2 Å². The summed E-state index contributed by atoms with van der Waals surface area (Å²) in [6.45, 7) is 1.54. The van der Waals surface area contributed by atoms with Gasteiger partial charge < -0.3 is 5.11 Å². The Morgan fingerprint density at radius 1 is 1.64 bits per heavy atom. The van der Waals surface area contributed by atoms with Crippen LogP contribution in [0.2, 0.25) is 0 Å². The number of nitrogens with zero attached hydrogens (tertiary/aromatic N) is 1. The predicted octanol–water partition coefficient (Wildman–Crippen LogP) is 1.23. The van der Waals surface area contributed by atoms with Gasteiger partial charge in [0.05, 0.1) is 0 Å². The van der Waals surface area contributed by atoms with Crippen LogP contribution in [0.1, 0.15) is 16.2 Å². The molecule has 1 N–H and O–H groups in total. The summed E-state index contributed by atoms with van der Waals surface area (Å²) in [7, 11) is 0. The lowest BCUT2D eigenvalue weighted by Crippen LogP contribution is -2.01. The highest BCUT2D eigenvalue weighted by atomic mass is 19.1. The van der Waals surface area contributed by atoms with E-state index in [9.17, 15) is 9.18 Å². The summed E-state index contributed by atoms with van der Waals surface area (Å²) in [5, 5.41) is 8.40. The minimum absolute atomic E-state index is 0.262. The zero-order valence-electron chi connectivity index (χ0n) is 5.84. The molecular formula is C7H6FNO2. The van der Waals surface area contributed by atoms with Crippen molar-refractivity contribution in [3.05, 3.63) is 29.3 Å². The number of carboxylic acids is 1. The predicted molar refractivity (Wildman–Crippen MR) is 35.9 cm³/mol. The smallest absolute Gasteiger partial charge is 0.354 e. The van der Waals surface area contributed by atoms with Gasteiger partial charge in [0.25, 0.3) is 0 Å². The Hall–Kier alpha value is -1.45. The molecule has 1 aromatic rings. The molecule has 0 saturated heterocycles. The van der Waals surface area contributed by atoms with Crippen LogP contribution in [0.15, 0.2) is 12.1 Å². The number of hydrogen-bond acceptors (Lipinski definition) is 2. The van der Waals surface area contributed by atoms with Crippen molar-refractivity contribution >= 4 is 5.97 Å². The number of aromatic nitrogens is 1. The standard InChI is InChI=1S/C7H6FNO2/c1-4-2-5(8)3-6(9-4)7(10)11/h2-3H,1H3,(H,10,11). The monoisotopic (exact) mass is 155 g/mol. The maximum Gasteiger partial charge on any atom is 0.354 e. The summed E-state index contributed by atoms with van der Waals surface area (Å²) in [6.07, 6.45) is 0. The van der Waals surface area contributed by atoms with Gasteiger partial charge in [0.15, 0.2) is 5.69 Å². The first kappa shape index (κ1) is 7.65. The fourth-order valence-electron chi connectivity index (χ4n) is 0.736. The van der Waals surface area contributed by atoms with Gasteiger partial charge in [-0.2, -0.15) is 0 Å². The van der Waals surface area contributed by atoms with Crippen LogP contribution in [0.3, 0.4) is 0 Å². The third-order valence-electron chi connectivity index (χ3n) is 1.14. The number of halogens is 1. The van der Waals surface area contributed by atoms with E-state index in [2.05, 4.69) is 4.98 Å². The van der Waals surface area contributed by atoms with Crippen molar-refractivity contribution in [2.45, 2.75) is 6.92 Å². The van der Waals surface area contributed by atoms with Crippen molar-refractivity contribution in [1.82, 2.24) is 4.98 Å². The van der Waals surface area contributed by atoms with E-state index in [0.717, 1.165) is 6.07 Å². The van der Waals surface area contributed by atoms with Gasteiger partial charge in [0.2, 0.25) is 0 Å². The Bertz CT molecular complexity index is 278. The lowest BCUT2D eigenvalue weighted by molar-refractivity contribution is 0.0689. The first-order chi connectivity index (χ1) is 5.09. The normalized spacial score (nSPS) is 9.64. The summed E-state index contributed by atoms with van der Waals surface area (Å²) in [4.78, 5) is 13.9. The van der Waals surface area contributed by atoms with Crippen LogP contribution in [-0.4, -0.2) is 16.1 Å². The zero-order valence-corrected chi connectivity index (χ0v) is 5.84. The Morgan fingerprint density at radius 3 is 2.73 bits per heavy atom. The minimum atomic E-state index is -1.22. The third-order valence-corrected chi connectivity index (χ3v) is 1.14. The van der Waals surface area contributed by atoms with E-state index in [1.807, 2.05) is 0 Å². The van der Waals surface area contributed by atoms with E-state index in [1.54, 1.807) is 0 Å². The Kier molecular flexibility index (Phi) is 1.85.